The minimum absolute atomic E-state index is 0.0391. The first-order valence-corrected chi connectivity index (χ1v) is 8.95. The molecule has 1 aromatic carbocycles. The minimum Gasteiger partial charge on any atom is -0.484 e. The summed E-state index contributed by atoms with van der Waals surface area (Å²) in [5, 5.41) is 2.55. The van der Waals surface area contributed by atoms with Crippen molar-refractivity contribution in [2.75, 3.05) is 18.2 Å². The van der Waals surface area contributed by atoms with Gasteiger partial charge in [0.25, 0.3) is 5.91 Å². The van der Waals surface area contributed by atoms with E-state index in [0.29, 0.717) is 11.4 Å². The maximum atomic E-state index is 11.8. The highest BCUT2D eigenvalue weighted by atomic mass is 32.2. The Labute approximate surface area is 135 Å². The summed E-state index contributed by atoms with van der Waals surface area (Å²) in [6.07, 6.45) is 3.31. The number of nitrogens with one attached hydrogen (secondary N) is 1. The Hall–Kier alpha value is -2.41. The van der Waals surface area contributed by atoms with Gasteiger partial charge in [0.2, 0.25) is 0 Å². The summed E-state index contributed by atoms with van der Waals surface area (Å²) in [5.41, 5.74) is 1.60. The lowest BCUT2D eigenvalue weighted by atomic mass is 10.2. The van der Waals surface area contributed by atoms with Gasteiger partial charge in [0.1, 0.15) is 5.75 Å². The molecule has 0 saturated heterocycles. The Morgan fingerprint density at radius 2 is 1.87 bits per heavy atom. The maximum Gasteiger partial charge on any atom is 0.262 e. The first kappa shape index (κ1) is 17.0. The predicted molar refractivity (Wildman–Crippen MR) is 87.3 cm³/mol. The molecule has 1 N–H and O–H groups in total. The van der Waals surface area contributed by atoms with Gasteiger partial charge in [-0.3, -0.25) is 4.79 Å². The van der Waals surface area contributed by atoms with E-state index in [1.165, 1.54) is 23.9 Å². The Balaban J connectivity index is 1.89. The number of benzene rings is 1. The van der Waals surface area contributed by atoms with E-state index in [9.17, 15) is 13.2 Å². The number of hydrogen-bond acceptors (Lipinski definition) is 5. The summed E-state index contributed by atoms with van der Waals surface area (Å²) < 4.78 is 28.0. The average Bonchev–Trinajstić information content (AvgIpc) is 2.53. The van der Waals surface area contributed by atoms with Gasteiger partial charge < -0.3 is 10.1 Å². The molecule has 1 heterocycles. The number of anilines is 1. The van der Waals surface area contributed by atoms with Gasteiger partial charge in [-0.25, -0.2) is 13.4 Å². The first-order chi connectivity index (χ1) is 10.9. The summed E-state index contributed by atoms with van der Waals surface area (Å²) in [7, 11) is -3.35. The van der Waals surface area contributed by atoms with E-state index in [4.69, 9.17) is 4.74 Å². The predicted octanol–water partition coefficient (Wildman–Crippen LogP) is 2.07. The van der Waals surface area contributed by atoms with Crippen molar-refractivity contribution in [2.24, 2.45) is 0 Å². The molecule has 2 rings (SSSR count). The number of carbonyl (C=O) groups is 1. The van der Waals surface area contributed by atoms with Crippen LogP contribution in [0.3, 0.4) is 0 Å². The Bertz CT molecular complexity index is 769. The third-order valence-electron chi connectivity index (χ3n) is 3.10. The molecule has 6 nitrogen and oxygen atoms in total. The van der Waals surface area contributed by atoms with E-state index in [-0.39, 0.29) is 17.5 Å². The Kier molecular flexibility index (Phi) is 5.33. The number of carbonyl (C=O) groups excluding carboxylic acids is 1. The molecule has 0 aliphatic rings. The van der Waals surface area contributed by atoms with Gasteiger partial charge in [-0.2, -0.15) is 0 Å². The van der Waals surface area contributed by atoms with Crippen LogP contribution in [0.25, 0.3) is 0 Å². The van der Waals surface area contributed by atoms with E-state index in [1.54, 1.807) is 0 Å². The van der Waals surface area contributed by atoms with E-state index in [0.717, 1.165) is 12.7 Å². The largest absolute Gasteiger partial charge is 0.484 e. The molecule has 7 heteroatoms. The van der Waals surface area contributed by atoms with E-state index >= 15 is 0 Å². The lowest BCUT2D eigenvalue weighted by Gasteiger charge is -2.08. The molecule has 0 aliphatic carbocycles. The number of pyridine rings is 1. The SMILES string of the molecule is CCc1ccc(OCC(=O)Nc2ccc(S(C)(=O)=O)nc2)cc1. The van der Waals surface area contributed by atoms with Crippen LogP contribution in [0.4, 0.5) is 5.69 Å². The second-order valence-corrected chi connectivity index (χ2v) is 6.95. The number of ether oxygens (including phenoxy) is 1. The quantitative estimate of drug-likeness (QED) is 0.874. The molecule has 2 aromatic rings. The zero-order valence-corrected chi connectivity index (χ0v) is 13.8. The summed E-state index contributed by atoms with van der Waals surface area (Å²) in [6.45, 7) is 1.92. The van der Waals surface area contributed by atoms with Gasteiger partial charge in [-0.1, -0.05) is 19.1 Å². The third-order valence-corrected chi connectivity index (χ3v) is 4.10. The van der Waals surface area contributed by atoms with Gasteiger partial charge >= 0.3 is 0 Å². The van der Waals surface area contributed by atoms with Crippen LogP contribution in [0, 0.1) is 0 Å². The monoisotopic (exact) mass is 334 g/mol. The van der Waals surface area contributed by atoms with Crippen LogP contribution in [0.1, 0.15) is 12.5 Å². The van der Waals surface area contributed by atoms with E-state index in [1.807, 2.05) is 24.3 Å². The highest BCUT2D eigenvalue weighted by molar-refractivity contribution is 7.90. The molecule has 0 spiro atoms. The van der Waals surface area contributed by atoms with Crippen molar-refractivity contribution in [1.29, 1.82) is 0 Å². The van der Waals surface area contributed by atoms with Gasteiger partial charge in [0.15, 0.2) is 21.5 Å². The van der Waals surface area contributed by atoms with Crippen molar-refractivity contribution in [3.63, 3.8) is 0 Å². The van der Waals surface area contributed by atoms with Crippen LogP contribution in [-0.2, 0) is 21.1 Å². The van der Waals surface area contributed by atoms with E-state index < -0.39 is 9.84 Å². The first-order valence-electron chi connectivity index (χ1n) is 7.06. The highest BCUT2D eigenvalue weighted by Gasteiger charge is 2.09. The fraction of sp³-hybridized carbons (Fsp3) is 0.250. The molecule has 23 heavy (non-hydrogen) atoms. The molecule has 1 amide bonds. The standard InChI is InChI=1S/C16H18N2O4S/c1-3-12-4-7-14(8-5-12)22-11-15(19)18-13-6-9-16(17-10-13)23(2,20)21/h4-10H,3,11H2,1-2H3,(H,18,19). The van der Waals surface area contributed by atoms with Crippen LogP contribution in [0.5, 0.6) is 5.75 Å². The zero-order chi connectivity index (χ0) is 16.9. The number of aryl methyl sites for hydroxylation is 1. The number of amides is 1. The van der Waals surface area contributed by atoms with Crippen LogP contribution in [0.2, 0.25) is 0 Å². The molecule has 0 fully saturated rings. The molecule has 0 bridgehead atoms. The molecule has 0 atom stereocenters. The van der Waals surface area contributed by atoms with Crippen molar-refractivity contribution in [2.45, 2.75) is 18.4 Å². The van der Waals surface area contributed by atoms with Crippen LogP contribution < -0.4 is 10.1 Å². The maximum absolute atomic E-state index is 11.8. The van der Waals surface area contributed by atoms with Crippen LogP contribution >= 0.6 is 0 Å². The normalized spacial score (nSPS) is 11.0. The highest BCUT2D eigenvalue weighted by Crippen LogP contribution is 2.13. The van der Waals surface area contributed by atoms with Gasteiger partial charge in [-0.15, -0.1) is 0 Å². The Morgan fingerprint density at radius 3 is 2.39 bits per heavy atom. The summed E-state index contributed by atoms with van der Waals surface area (Å²) in [6, 6.07) is 10.3. The average molecular weight is 334 g/mol. The van der Waals surface area contributed by atoms with Gasteiger partial charge in [-0.05, 0) is 36.2 Å². The summed E-state index contributed by atoms with van der Waals surface area (Å²) in [4.78, 5) is 15.6. The number of hydrogen-bond donors (Lipinski definition) is 1. The lowest BCUT2D eigenvalue weighted by Crippen LogP contribution is -2.20. The van der Waals surface area contributed by atoms with E-state index in [2.05, 4.69) is 17.2 Å². The molecule has 0 unspecified atom stereocenters. The smallest absolute Gasteiger partial charge is 0.262 e. The molecular weight excluding hydrogens is 316 g/mol. The molecule has 0 radical (unpaired) electrons. The molecule has 122 valence electrons. The Morgan fingerprint density at radius 1 is 1.17 bits per heavy atom. The van der Waals surface area contributed by atoms with Crippen molar-refractivity contribution >= 4 is 21.4 Å². The topological polar surface area (TPSA) is 85.4 Å². The summed E-state index contributed by atoms with van der Waals surface area (Å²) in [5.74, 6) is 0.265. The van der Waals surface area contributed by atoms with Gasteiger partial charge in [0.05, 0.1) is 11.9 Å². The second-order valence-electron chi connectivity index (χ2n) is 4.99. The fourth-order valence-electron chi connectivity index (χ4n) is 1.84. The molecule has 0 aliphatic heterocycles. The van der Waals surface area contributed by atoms with Crippen LogP contribution in [0.15, 0.2) is 47.6 Å². The van der Waals surface area contributed by atoms with Crippen molar-refractivity contribution < 1.29 is 17.9 Å². The minimum atomic E-state index is -3.35. The molecule has 1 aromatic heterocycles. The third kappa shape index (κ3) is 5.07. The fourth-order valence-corrected chi connectivity index (χ4v) is 2.40. The number of nitrogens with zero attached hydrogens (tertiary/aromatic N) is 1. The van der Waals surface area contributed by atoms with Gasteiger partial charge in [0, 0.05) is 6.26 Å². The number of sulfone groups is 1. The molecular formula is C16H18N2O4S. The van der Waals surface area contributed by atoms with Crippen molar-refractivity contribution in [1.82, 2.24) is 4.98 Å². The lowest BCUT2D eigenvalue weighted by molar-refractivity contribution is -0.118. The zero-order valence-electron chi connectivity index (χ0n) is 12.9. The second kappa shape index (κ2) is 7.23. The van der Waals surface area contributed by atoms with Crippen molar-refractivity contribution in [3.8, 4) is 5.75 Å². The number of rotatable bonds is 6. The summed E-state index contributed by atoms with van der Waals surface area (Å²) >= 11 is 0. The molecule has 0 saturated carbocycles. The number of aromatic nitrogens is 1. The van der Waals surface area contributed by atoms with Crippen molar-refractivity contribution in [3.05, 3.63) is 48.2 Å². The van der Waals surface area contributed by atoms with Crippen LogP contribution in [-0.4, -0.2) is 32.2 Å².